The molecule has 2 unspecified atom stereocenters. The van der Waals surface area contributed by atoms with E-state index in [2.05, 4.69) is 24.1 Å². The Kier molecular flexibility index (Phi) is 4.63. The zero-order chi connectivity index (χ0) is 14.0. The molecule has 0 radical (unpaired) electrons. The SMILES string of the molecule is CCCNC(C)c1sc(C2CCS(=O)(=O)C2)nc1C. The van der Waals surface area contributed by atoms with Crippen LogP contribution in [0.2, 0.25) is 0 Å². The predicted molar refractivity (Wildman–Crippen MR) is 79.6 cm³/mol. The maximum Gasteiger partial charge on any atom is 0.151 e. The lowest BCUT2D eigenvalue weighted by atomic mass is 10.1. The molecule has 0 bridgehead atoms. The van der Waals surface area contributed by atoms with Crippen LogP contribution in [0.5, 0.6) is 0 Å². The summed E-state index contributed by atoms with van der Waals surface area (Å²) in [6.45, 7) is 7.30. The lowest BCUT2D eigenvalue weighted by molar-refractivity contribution is 0.575. The number of hydrogen-bond donors (Lipinski definition) is 1. The molecule has 1 aromatic rings. The molecule has 2 rings (SSSR count). The Morgan fingerprint density at radius 3 is 2.84 bits per heavy atom. The third-order valence-electron chi connectivity index (χ3n) is 3.52. The summed E-state index contributed by atoms with van der Waals surface area (Å²) in [5.74, 6) is 0.701. The van der Waals surface area contributed by atoms with Gasteiger partial charge in [0.1, 0.15) is 0 Å². The van der Waals surface area contributed by atoms with Crippen LogP contribution in [0, 0.1) is 6.92 Å². The van der Waals surface area contributed by atoms with Crippen molar-refractivity contribution in [3.05, 3.63) is 15.6 Å². The Morgan fingerprint density at radius 2 is 2.26 bits per heavy atom. The van der Waals surface area contributed by atoms with Gasteiger partial charge in [0, 0.05) is 16.8 Å². The number of aryl methyl sites for hydroxylation is 1. The molecule has 1 N–H and O–H groups in total. The molecular formula is C13H22N2O2S2. The van der Waals surface area contributed by atoms with Crippen molar-refractivity contribution in [3.8, 4) is 0 Å². The summed E-state index contributed by atoms with van der Waals surface area (Å²) in [7, 11) is -2.83. The van der Waals surface area contributed by atoms with E-state index in [0.29, 0.717) is 11.8 Å². The molecule has 0 amide bonds. The summed E-state index contributed by atoms with van der Waals surface area (Å²) in [6, 6.07) is 0.296. The molecule has 2 heterocycles. The summed E-state index contributed by atoms with van der Waals surface area (Å²) in [5, 5.41) is 4.46. The minimum absolute atomic E-state index is 0.112. The molecule has 1 saturated heterocycles. The Labute approximate surface area is 119 Å². The zero-order valence-electron chi connectivity index (χ0n) is 11.8. The van der Waals surface area contributed by atoms with Crippen LogP contribution in [0.1, 0.15) is 54.2 Å². The molecule has 1 aliphatic heterocycles. The van der Waals surface area contributed by atoms with Crippen LogP contribution in [0.3, 0.4) is 0 Å². The Hall–Kier alpha value is -0.460. The number of thiazole rings is 1. The minimum atomic E-state index is -2.83. The van der Waals surface area contributed by atoms with Crippen molar-refractivity contribution in [2.45, 2.75) is 45.6 Å². The van der Waals surface area contributed by atoms with Crippen LogP contribution in [-0.4, -0.2) is 31.5 Å². The first-order valence-electron chi connectivity index (χ1n) is 6.84. The van der Waals surface area contributed by atoms with Gasteiger partial charge in [0.2, 0.25) is 0 Å². The standard InChI is InChI=1S/C13H22N2O2S2/c1-4-6-14-9(2)12-10(3)15-13(18-12)11-5-7-19(16,17)8-11/h9,11,14H,4-8H2,1-3H3. The average Bonchev–Trinajstić information content (AvgIpc) is 2.89. The van der Waals surface area contributed by atoms with E-state index < -0.39 is 9.84 Å². The van der Waals surface area contributed by atoms with Gasteiger partial charge in [0.15, 0.2) is 9.84 Å². The fourth-order valence-electron chi connectivity index (χ4n) is 2.45. The van der Waals surface area contributed by atoms with Crippen molar-refractivity contribution in [3.63, 3.8) is 0 Å². The second-order valence-corrected chi connectivity index (χ2v) is 8.57. The number of sulfone groups is 1. The molecule has 2 atom stereocenters. The molecule has 19 heavy (non-hydrogen) atoms. The van der Waals surface area contributed by atoms with Gasteiger partial charge in [0.25, 0.3) is 0 Å². The van der Waals surface area contributed by atoms with E-state index in [9.17, 15) is 8.42 Å². The molecule has 108 valence electrons. The topological polar surface area (TPSA) is 59.1 Å². The lowest BCUT2D eigenvalue weighted by Gasteiger charge is -2.11. The van der Waals surface area contributed by atoms with E-state index in [1.165, 1.54) is 4.88 Å². The van der Waals surface area contributed by atoms with Crippen LogP contribution in [-0.2, 0) is 9.84 Å². The van der Waals surface area contributed by atoms with Crippen LogP contribution in [0.15, 0.2) is 0 Å². The lowest BCUT2D eigenvalue weighted by Crippen LogP contribution is -2.18. The normalized spacial score (nSPS) is 23.6. The van der Waals surface area contributed by atoms with Gasteiger partial charge in [-0.2, -0.15) is 0 Å². The second-order valence-electron chi connectivity index (χ2n) is 5.28. The highest BCUT2D eigenvalue weighted by molar-refractivity contribution is 7.91. The van der Waals surface area contributed by atoms with Gasteiger partial charge in [-0.1, -0.05) is 6.92 Å². The van der Waals surface area contributed by atoms with Gasteiger partial charge in [-0.05, 0) is 33.2 Å². The summed E-state index contributed by atoms with van der Waals surface area (Å²) in [4.78, 5) is 5.84. The summed E-state index contributed by atoms with van der Waals surface area (Å²) < 4.78 is 23.1. The van der Waals surface area contributed by atoms with Gasteiger partial charge < -0.3 is 5.32 Å². The summed E-state index contributed by atoms with van der Waals surface area (Å²) >= 11 is 1.68. The third-order valence-corrected chi connectivity index (χ3v) is 6.80. The molecule has 6 heteroatoms. The van der Waals surface area contributed by atoms with E-state index >= 15 is 0 Å². The quantitative estimate of drug-likeness (QED) is 0.907. The van der Waals surface area contributed by atoms with Crippen molar-refractivity contribution < 1.29 is 8.42 Å². The number of hydrogen-bond acceptors (Lipinski definition) is 5. The van der Waals surface area contributed by atoms with Crippen LogP contribution < -0.4 is 5.32 Å². The van der Waals surface area contributed by atoms with E-state index in [1.807, 2.05) is 6.92 Å². The molecule has 1 fully saturated rings. The first kappa shape index (κ1) is 14.9. The maximum absolute atomic E-state index is 11.5. The van der Waals surface area contributed by atoms with E-state index in [1.54, 1.807) is 11.3 Å². The number of nitrogens with one attached hydrogen (secondary N) is 1. The van der Waals surface area contributed by atoms with Crippen LogP contribution in [0.25, 0.3) is 0 Å². The molecule has 0 aromatic carbocycles. The van der Waals surface area contributed by atoms with Crippen LogP contribution in [0.4, 0.5) is 0 Å². The minimum Gasteiger partial charge on any atom is -0.309 e. The van der Waals surface area contributed by atoms with E-state index in [0.717, 1.165) is 30.1 Å². The predicted octanol–water partition coefficient (Wildman–Crippen LogP) is 2.41. The molecule has 0 spiro atoms. The second kappa shape index (κ2) is 5.89. The van der Waals surface area contributed by atoms with Gasteiger partial charge in [-0.25, -0.2) is 13.4 Å². The van der Waals surface area contributed by atoms with Crippen molar-refractivity contribution in [2.24, 2.45) is 0 Å². The number of nitrogens with zero attached hydrogens (tertiary/aromatic N) is 1. The van der Waals surface area contributed by atoms with Gasteiger partial charge in [0.05, 0.1) is 22.2 Å². The largest absolute Gasteiger partial charge is 0.309 e. The first-order chi connectivity index (χ1) is 8.93. The molecule has 0 aliphatic carbocycles. The highest BCUT2D eigenvalue weighted by Gasteiger charge is 2.31. The average molecular weight is 302 g/mol. The third kappa shape index (κ3) is 3.55. The molecular weight excluding hydrogens is 280 g/mol. The number of aromatic nitrogens is 1. The van der Waals surface area contributed by atoms with Gasteiger partial charge >= 0.3 is 0 Å². The monoisotopic (exact) mass is 302 g/mol. The fraction of sp³-hybridized carbons (Fsp3) is 0.769. The van der Waals surface area contributed by atoms with Crippen LogP contribution >= 0.6 is 11.3 Å². The zero-order valence-corrected chi connectivity index (χ0v) is 13.4. The van der Waals surface area contributed by atoms with Crippen molar-refractivity contribution in [1.82, 2.24) is 10.3 Å². The summed E-state index contributed by atoms with van der Waals surface area (Å²) in [6.07, 6.45) is 1.83. The Morgan fingerprint density at radius 1 is 1.53 bits per heavy atom. The highest BCUT2D eigenvalue weighted by Crippen LogP contribution is 2.35. The highest BCUT2D eigenvalue weighted by atomic mass is 32.2. The molecule has 1 aliphatic rings. The molecule has 0 saturated carbocycles. The number of rotatable bonds is 5. The van der Waals surface area contributed by atoms with Crippen molar-refractivity contribution in [1.29, 1.82) is 0 Å². The fourth-order valence-corrected chi connectivity index (χ4v) is 5.53. The Bertz CT molecular complexity index is 537. The molecule has 4 nitrogen and oxygen atoms in total. The maximum atomic E-state index is 11.5. The van der Waals surface area contributed by atoms with Gasteiger partial charge in [-0.15, -0.1) is 11.3 Å². The van der Waals surface area contributed by atoms with Crippen molar-refractivity contribution >= 4 is 21.2 Å². The van der Waals surface area contributed by atoms with Gasteiger partial charge in [-0.3, -0.25) is 0 Å². The molecule has 1 aromatic heterocycles. The smallest absolute Gasteiger partial charge is 0.151 e. The first-order valence-corrected chi connectivity index (χ1v) is 9.47. The van der Waals surface area contributed by atoms with Crippen molar-refractivity contribution in [2.75, 3.05) is 18.1 Å². The van der Waals surface area contributed by atoms with E-state index in [4.69, 9.17) is 0 Å². The Balaban J connectivity index is 2.13. The summed E-state index contributed by atoms with van der Waals surface area (Å²) in [5.41, 5.74) is 1.04. The van der Waals surface area contributed by atoms with E-state index in [-0.39, 0.29) is 11.7 Å².